The Bertz CT molecular complexity index is 1050. The van der Waals surface area contributed by atoms with Crippen LogP contribution in [0.1, 0.15) is 27.3 Å². The number of benzene rings is 1. The Labute approximate surface area is 169 Å². The lowest BCUT2D eigenvalue weighted by atomic mass is 9.98. The summed E-state index contributed by atoms with van der Waals surface area (Å²) in [5.74, 6) is -4.02. The van der Waals surface area contributed by atoms with E-state index in [0.29, 0.717) is 4.88 Å². The molecule has 0 amide bonds. The molecule has 0 saturated carbocycles. The van der Waals surface area contributed by atoms with Crippen molar-refractivity contribution in [3.63, 3.8) is 0 Å². The maximum Gasteiger partial charge on any atom is 0.450 e. The minimum atomic E-state index is -5.34. The van der Waals surface area contributed by atoms with Crippen molar-refractivity contribution in [3.05, 3.63) is 64.0 Å². The van der Waals surface area contributed by atoms with E-state index >= 15 is 0 Å². The first-order valence-electron chi connectivity index (χ1n) is 8.37. The highest BCUT2D eigenvalue weighted by atomic mass is 32.1. The quantitative estimate of drug-likeness (QED) is 0.290. The van der Waals surface area contributed by atoms with Crippen molar-refractivity contribution in [1.29, 1.82) is 0 Å². The molecule has 0 N–H and O–H groups in total. The van der Waals surface area contributed by atoms with Gasteiger partial charge >= 0.3 is 12.4 Å². The Balaban J connectivity index is 2.20. The number of hydrogen-bond donors (Lipinski definition) is 0. The number of halogens is 6. The Kier molecular flexibility index (Phi) is 5.84. The second-order valence-corrected chi connectivity index (χ2v) is 7.23. The molecule has 0 unspecified atom stereocenters. The van der Waals surface area contributed by atoms with Crippen LogP contribution in [0.25, 0.3) is 11.3 Å². The minimum Gasteiger partial charge on any atom is -0.294 e. The average Bonchev–Trinajstić information content (AvgIpc) is 3.29. The molecule has 30 heavy (non-hydrogen) atoms. The van der Waals surface area contributed by atoms with Crippen LogP contribution in [0.2, 0.25) is 0 Å². The smallest absolute Gasteiger partial charge is 0.294 e. The van der Waals surface area contributed by atoms with E-state index in [2.05, 4.69) is 5.10 Å². The number of ketones is 2. The van der Waals surface area contributed by atoms with E-state index in [1.165, 1.54) is 35.6 Å². The first-order chi connectivity index (χ1) is 14.0. The van der Waals surface area contributed by atoms with Gasteiger partial charge < -0.3 is 0 Å². The van der Waals surface area contributed by atoms with Crippen molar-refractivity contribution in [3.8, 4) is 11.3 Å². The van der Waals surface area contributed by atoms with Crippen molar-refractivity contribution in [1.82, 2.24) is 9.78 Å². The molecule has 0 bridgehead atoms. The van der Waals surface area contributed by atoms with Crippen LogP contribution in [0.3, 0.4) is 0 Å². The highest BCUT2D eigenvalue weighted by molar-refractivity contribution is 7.09. The molecule has 0 aliphatic carbocycles. The number of alkyl halides is 6. The van der Waals surface area contributed by atoms with E-state index in [0.717, 1.165) is 4.68 Å². The molecule has 11 heteroatoms. The van der Waals surface area contributed by atoms with Gasteiger partial charge in [-0.2, -0.15) is 31.4 Å². The number of rotatable bonds is 6. The first kappa shape index (κ1) is 21.8. The molecule has 158 valence electrons. The minimum absolute atomic E-state index is 0.133. The van der Waals surface area contributed by atoms with Gasteiger partial charge in [-0.1, -0.05) is 36.4 Å². The summed E-state index contributed by atoms with van der Waals surface area (Å²) < 4.78 is 79.6. The topological polar surface area (TPSA) is 52.0 Å². The van der Waals surface area contributed by atoms with Gasteiger partial charge in [-0.3, -0.25) is 14.3 Å². The van der Waals surface area contributed by atoms with Crippen molar-refractivity contribution in [2.45, 2.75) is 25.3 Å². The van der Waals surface area contributed by atoms with Crippen molar-refractivity contribution in [2.75, 3.05) is 0 Å². The third-order valence-electron chi connectivity index (χ3n) is 4.07. The molecule has 4 nitrogen and oxygen atoms in total. The van der Waals surface area contributed by atoms with E-state index < -0.39 is 41.6 Å². The lowest BCUT2D eigenvalue weighted by Gasteiger charge is -2.10. The van der Waals surface area contributed by atoms with E-state index in [1.54, 1.807) is 23.6 Å². The SMILES string of the molecule is O=C(CC(=O)C(F)(F)F)c1c(C(F)(F)F)nn(Cc2cccs2)c1-c1ccccc1. The van der Waals surface area contributed by atoms with Crippen LogP contribution in [-0.2, 0) is 17.5 Å². The molecule has 0 radical (unpaired) electrons. The molecule has 0 saturated heterocycles. The van der Waals surface area contributed by atoms with Crippen LogP contribution < -0.4 is 0 Å². The second kappa shape index (κ2) is 8.05. The van der Waals surface area contributed by atoms with E-state index in [1.807, 2.05) is 0 Å². The number of nitrogens with zero attached hydrogens (tertiary/aromatic N) is 2. The maximum absolute atomic E-state index is 13.6. The highest BCUT2D eigenvalue weighted by Gasteiger charge is 2.44. The molecule has 0 atom stereocenters. The summed E-state index contributed by atoms with van der Waals surface area (Å²) in [5, 5.41) is 5.20. The third kappa shape index (κ3) is 4.61. The summed E-state index contributed by atoms with van der Waals surface area (Å²) in [6.45, 7) is -0.133. The van der Waals surface area contributed by atoms with Gasteiger partial charge in [0.1, 0.15) is 0 Å². The Morgan fingerprint density at radius 1 is 0.967 bits per heavy atom. The summed E-state index contributed by atoms with van der Waals surface area (Å²) in [7, 11) is 0. The molecule has 0 fully saturated rings. The molecule has 3 aromatic rings. The zero-order valence-electron chi connectivity index (χ0n) is 14.9. The van der Waals surface area contributed by atoms with Crippen LogP contribution in [0.15, 0.2) is 47.8 Å². The molecule has 1 aromatic carbocycles. The van der Waals surface area contributed by atoms with Gasteiger partial charge in [0.2, 0.25) is 5.78 Å². The highest BCUT2D eigenvalue weighted by Crippen LogP contribution is 2.38. The molecule has 0 spiro atoms. The van der Waals surface area contributed by atoms with E-state index in [9.17, 15) is 35.9 Å². The fourth-order valence-electron chi connectivity index (χ4n) is 2.81. The lowest BCUT2D eigenvalue weighted by Crippen LogP contribution is -2.26. The Hall–Kier alpha value is -2.95. The second-order valence-electron chi connectivity index (χ2n) is 6.19. The number of aromatic nitrogens is 2. The standard InChI is InChI=1S/C19H12F6N2O2S/c20-18(21,22)14(29)9-13(28)15-16(11-5-2-1-3-6-11)27(10-12-7-4-8-30-12)26-17(15)19(23,24)25/h1-8H,9-10H2. The summed E-state index contributed by atoms with van der Waals surface area (Å²) in [5.41, 5.74) is -2.82. The number of hydrogen-bond acceptors (Lipinski definition) is 4. The normalized spacial score (nSPS) is 12.2. The molecule has 3 rings (SSSR count). The van der Waals surface area contributed by atoms with E-state index in [4.69, 9.17) is 0 Å². The van der Waals surface area contributed by atoms with Gasteiger partial charge in [0.15, 0.2) is 11.5 Å². The largest absolute Gasteiger partial charge is 0.450 e. The van der Waals surface area contributed by atoms with Crippen molar-refractivity contribution in [2.24, 2.45) is 0 Å². The third-order valence-corrected chi connectivity index (χ3v) is 4.93. The average molecular weight is 446 g/mol. The molecular formula is C19H12F6N2O2S. The Morgan fingerprint density at radius 3 is 2.17 bits per heavy atom. The Morgan fingerprint density at radius 2 is 1.63 bits per heavy atom. The monoisotopic (exact) mass is 446 g/mol. The van der Waals surface area contributed by atoms with Gasteiger partial charge in [-0.25, -0.2) is 0 Å². The predicted molar refractivity (Wildman–Crippen MR) is 96.1 cm³/mol. The van der Waals surface area contributed by atoms with Crippen LogP contribution >= 0.6 is 11.3 Å². The fraction of sp³-hybridized carbons (Fsp3) is 0.211. The van der Waals surface area contributed by atoms with E-state index in [-0.39, 0.29) is 17.8 Å². The number of thiophene rings is 1. The summed E-state index contributed by atoms with van der Waals surface area (Å²) in [6, 6.07) is 10.7. The molecule has 0 aliphatic rings. The van der Waals surface area contributed by atoms with Crippen molar-refractivity contribution < 1.29 is 35.9 Å². The van der Waals surface area contributed by atoms with Gasteiger partial charge in [0, 0.05) is 10.4 Å². The lowest BCUT2D eigenvalue weighted by molar-refractivity contribution is -0.170. The van der Waals surface area contributed by atoms with Gasteiger partial charge in [0.25, 0.3) is 0 Å². The molecule has 2 aromatic heterocycles. The zero-order chi connectivity index (χ0) is 22.1. The van der Waals surface area contributed by atoms with Crippen LogP contribution in [-0.4, -0.2) is 27.5 Å². The number of Topliss-reactive ketones (excluding diaryl/α,β-unsaturated/α-hetero) is 2. The first-order valence-corrected chi connectivity index (χ1v) is 9.25. The summed E-state index contributed by atoms with van der Waals surface area (Å²) in [4.78, 5) is 24.4. The number of carbonyl (C=O) groups is 2. The number of carbonyl (C=O) groups excluding carboxylic acids is 2. The van der Waals surface area contributed by atoms with Gasteiger partial charge in [-0.15, -0.1) is 11.3 Å². The van der Waals surface area contributed by atoms with Crippen LogP contribution in [0.4, 0.5) is 26.3 Å². The summed E-state index contributed by atoms with van der Waals surface area (Å²) in [6.07, 6.45) is -12.2. The summed E-state index contributed by atoms with van der Waals surface area (Å²) >= 11 is 1.24. The van der Waals surface area contributed by atoms with Gasteiger partial charge in [0.05, 0.1) is 24.2 Å². The predicted octanol–water partition coefficient (Wildman–Crippen LogP) is 5.38. The van der Waals surface area contributed by atoms with Crippen molar-refractivity contribution >= 4 is 22.9 Å². The fourth-order valence-corrected chi connectivity index (χ4v) is 3.50. The molecular weight excluding hydrogens is 434 g/mol. The van der Waals surface area contributed by atoms with Crippen LogP contribution in [0.5, 0.6) is 0 Å². The molecule has 0 aliphatic heterocycles. The molecule has 2 heterocycles. The van der Waals surface area contributed by atoms with Crippen LogP contribution in [0, 0.1) is 0 Å². The zero-order valence-corrected chi connectivity index (χ0v) is 15.7. The maximum atomic E-state index is 13.6. The van der Waals surface area contributed by atoms with Gasteiger partial charge in [-0.05, 0) is 11.4 Å².